The molecule has 0 aliphatic carbocycles. The second kappa shape index (κ2) is 4.24. The van der Waals surface area contributed by atoms with Gasteiger partial charge in [-0.2, -0.15) is 5.26 Å². The van der Waals surface area contributed by atoms with E-state index in [1.54, 1.807) is 29.2 Å². The summed E-state index contributed by atoms with van der Waals surface area (Å²) < 4.78 is 15.4. The quantitative estimate of drug-likeness (QED) is 0.869. The van der Waals surface area contributed by atoms with Crippen LogP contribution in [0.15, 0.2) is 30.7 Å². The van der Waals surface area contributed by atoms with Crippen molar-refractivity contribution in [2.24, 2.45) is 0 Å². The molecule has 0 unspecified atom stereocenters. The van der Waals surface area contributed by atoms with Crippen LogP contribution in [0.3, 0.4) is 0 Å². The Morgan fingerprint density at radius 3 is 2.94 bits per heavy atom. The van der Waals surface area contributed by atoms with E-state index in [4.69, 9.17) is 5.26 Å². The van der Waals surface area contributed by atoms with Crippen molar-refractivity contribution in [2.45, 2.75) is 5.92 Å². The number of benzene rings is 1. The summed E-state index contributed by atoms with van der Waals surface area (Å²) in [5.74, 6) is -0.122. The van der Waals surface area contributed by atoms with Gasteiger partial charge in [-0.05, 0) is 12.1 Å². The van der Waals surface area contributed by atoms with Crippen molar-refractivity contribution in [1.29, 1.82) is 5.26 Å². The van der Waals surface area contributed by atoms with Crippen LogP contribution in [0.1, 0.15) is 17.2 Å². The van der Waals surface area contributed by atoms with Crippen LogP contribution in [-0.2, 0) is 0 Å². The van der Waals surface area contributed by atoms with Crippen LogP contribution in [-0.4, -0.2) is 22.6 Å². The first-order valence-corrected chi connectivity index (χ1v) is 5.73. The fourth-order valence-corrected chi connectivity index (χ4v) is 2.13. The number of nitriles is 1. The lowest BCUT2D eigenvalue weighted by Gasteiger charge is -2.28. The third kappa shape index (κ3) is 1.59. The summed E-state index contributed by atoms with van der Waals surface area (Å²) >= 11 is 0. The van der Waals surface area contributed by atoms with E-state index in [1.165, 1.54) is 6.07 Å². The largest absolute Gasteiger partial charge is 0.315 e. The van der Waals surface area contributed by atoms with E-state index in [1.807, 2.05) is 6.07 Å². The zero-order valence-corrected chi connectivity index (χ0v) is 9.60. The fourth-order valence-electron chi connectivity index (χ4n) is 2.13. The SMILES string of the molecule is N#Cc1c(F)cccc1-n1cncc1C1CNC1. The second-order valence-electron chi connectivity index (χ2n) is 4.29. The van der Waals surface area contributed by atoms with Crippen LogP contribution in [0, 0.1) is 17.1 Å². The molecule has 90 valence electrons. The first-order chi connectivity index (χ1) is 8.81. The molecule has 0 atom stereocenters. The van der Waals surface area contributed by atoms with Gasteiger partial charge in [0.15, 0.2) is 0 Å². The van der Waals surface area contributed by atoms with Crippen molar-refractivity contribution in [3.05, 3.63) is 47.8 Å². The van der Waals surface area contributed by atoms with Crippen LogP contribution in [0.25, 0.3) is 5.69 Å². The molecule has 1 aliphatic rings. The average Bonchev–Trinajstić information content (AvgIpc) is 2.75. The van der Waals surface area contributed by atoms with E-state index in [9.17, 15) is 4.39 Å². The Balaban J connectivity index is 2.13. The Kier molecular flexibility index (Phi) is 2.58. The molecule has 0 bridgehead atoms. The predicted molar refractivity (Wildman–Crippen MR) is 63.8 cm³/mol. The summed E-state index contributed by atoms with van der Waals surface area (Å²) in [6, 6.07) is 6.55. The van der Waals surface area contributed by atoms with Crippen molar-refractivity contribution < 1.29 is 4.39 Å². The first kappa shape index (κ1) is 10.9. The molecule has 2 aromatic rings. The molecule has 2 heterocycles. The van der Waals surface area contributed by atoms with E-state index < -0.39 is 5.82 Å². The molecule has 0 amide bonds. The minimum atomic E-state index is -0.499. The van der Waals surface area contributed by atoms with Gasteiger partial charge in [0.2, 0.25) is 0 Å². The van der Waals surface area contributed by atoms with Gasteiger partial charge in [0.05, 0.1) is 12.0 Å². The lowest BCUT2D eigenvalue weighted by Crippen LogP contribution is -2.40. The molecular weight excluding hydrogens is 231 g/mol. The van der Waals surface area contributed by atoms with Gasteiger partial charge in [0.1, 0.15) is 17.4 Å². The summed E-state index contributed by atoms with van der Waals surface area (Å²) in [5, 5.41) is 12.3. The van der Waals surface area contributed by atoms with Gasteiger partial charge in [-0.25, -0.2) is 9.37 Å². The van der Waals surface area contributed by atoms with E-state index >= 15 is 0 Å². The Morgan fingerprint density at radius 2 is 2.28 bits per heavy atom. The zero-order chi connectivity index (χ0) is 12.5. The van der Waals surface area contributed by atoms with E-state index in [0.717, 1.165) is 18.8 Å². The highest BCUT2D eigenvalue weighted by atomic mass is 19.1. The Bertz CT molecular complexity index is 622. The molecule has 3 rings (SSSR count). The van der Waals surface area contributed by atoms with Gasteiger partial charge in [-0.3, -0.25) is 0 Å². The molecule has 1 saturated heterocycles. The summed E-state index contributed by atoms with van der Waals surface area (Å²) in [7, 11) is 0. The maximum Gasteiger partial charge on any atom is 0.143 e. The third-order valence-electron chi connectivity index (χ3n) is 3.23. The Hall–Kier alpha value is -2.19. The van der Waals surface area contributed by atoms with Crippen LogP contribution in [0.2, 0.25) is 0 Å². The van der Waals surface area contributed by atoms with Gasteiger partial charge in [0.25, 0.3) is 0 Å². The summed E-state index contributed by atoms with van der Waals surface area (Å²) in [5.41, 5.74) is 1.62. The number of nitrogens with one attached hydrogen (secondary N) is 1. The standard InChI is InChI=1S/C13H11FN4/c14-11-2-1-3-12(10(11)4-15)18-8-17-7-13(18)9-5-16-6-9/h1-3,7-9,16H,5-6H2. The highest BCUT2D eigenvalue weighted by molar-refractivity contribution is 5.50. The van der Waals surface area contributed by atoms with Crippen LogP contribution >= 0.6 is 0 Å². The number of nitrogens with zero attached hydrogens (tertiary/aromatic N) is 3. The Labute approximate surface area is 104 Å². The summed E-state index contributed by atoms with van der Waals surface area (Å²) in [6.45, 7) is 1.78. The molecule has 1 aromatic heterocycles. The van der Waals surface area contributed by atoms with E-state index in [-0.39, 0.29) is 5.56 Å². The molecule has 1 aromatic carbocycles. The van der Waals surface area contributed by atoms with Crippen LogP contribution < -0.4 is 5.32 Å². The molecular formula is C13H11FN4. The van der Waals surface area contributed by atoms with Gasteiger partial charge in [-0.15, -0.1) is 0 Å². The average molecular weight is 242 g/mol. The zero-order valence-electron chi connectivity index (χ0n) is 9.60. The normalized spacial score (nSPS) is 15.1. The maximum atomic E-state index is 13.6. The van der Waals surface area contributed by atoms with Gasteiger partial charge >= 0.3 is 0 Å². The third-order valence-corrected chi connectivity index (χ3v) is 3.23. The minimum absolute atomic E-state index is 0.0593. The molecule has 1 N–H and O–H groups in total. The number of halogens is 1. The molecule has 1 fully saturated rings. The number of imidazole rings is 1. The number of aromatic nitrogens is 2. The van der Waals surface area contributed by atoms with Crippen molar-refractivity contribution >= 4 is 0 Å². The second-order valence-corrected chi connectivity index (χ2v) is 4.29. The smallest absolute Gasteiger partial charge is 0.143 e. The minimum Gasteiger partial charge on any atom is -0.315 e. The highest BCUT2D eigenvalue weighted by Crippen LogP contribution is 2.25. The topological polar surface area (TPSA) is 53.6 Å². The molecule has 0 radical (unpaired) electrons. The summed E-state index contributed by atoms with van der Waals surface area (Å²) in [4.78, 5) is 4.11. The van der Waals surface area contributed by atoms with Crippen LogP contribution in [0.5, 0.6) is 0 Å². The van der Waals surface area contributed by atoms with Crippen molar-refractivity contribution in [3.63, 3.8) is 0 Å². The monoisotopic (exact) mass is 242 g/mol. The maximum absolute atomic E-state index is 13.6. The van der Waals surface area contributed by atoms with Crippen molar-refractivity contribution in [1.82, 2.24) is 14.9 Å². The lowest BCUT2D eigenvalue weighted by molar-refractivity contribution is 0.435. The molecule has 18 heavy (non-hydrogen) atoms. The molecule has 1 aliphatic heterocycles. The van der Waals surface area contributed by atoms with Gasteiger partial charge in [-0.1, -0.05) is 6.07 Å². The number of hydrogen-bond acceptors (Lipinski definition) is 3. The fraction of sp³-hybridized carbons (Fsp3) is 0.231. The van der Waals surface area contributed by atoms with Gasteiger partial charge in [0, 0.05) is 30.9 Å². The molecule has 5 heteroatoms. The van der Waals surface area contributed by atoms with Crippen molar-refractivity contribution in [2.75, 3.05) is 13.1 Å². The highest BCUT2D eigenvalue weighted by Gasteiger charge is 2.24. The Morgan fingerprint density at radius 1 is 1.44 bits per heavy atom. The van der Waals surface area contributed by atoms with Crippen LogP contribution in [0.4, 0.5) is 4.39 Å². The number of rotatable bonds is 2. The first-order valence-electron chi connectivity index (χ1n) is 5.73. The van der Waals surface area contributed by atoms with E-state index in [0.29, 0.717) is 11.6 Å². The molecule has 0 saturated carbocycles. The van der Waals surface area contributed by atoms with E-state index in [2.05, 4.69) is 10.3 Å². The molecule has 0 spiro atoms. The number of hydrogen-bond donors (Lipinski definition) is 1. The predicted octanol–water partition coefficient (Wildman–Crippen LogP) is 1.57. The van der Waals surface area contributed by atoms with Gasteiger partial charge < -0.3 is 9.88 Å². The molecule has 4 nitrogen and oxygen atoms in total. The summed E-state index contributed by atoms with van der Waals surface area (Å²) in [6.07, 6.45) is 3.40. The lowest BCUT2D eigenvalue weighted by atomic mass is 9.99. The van der Waals surface area contributed by atoms with Crippen molar-refractivity contribution in [3.8, 4) is 11.8 Å².